The van der Waals surface area contributed by atoms with Gasteiger partial charge in [-0.25, -0.2) is 0 Å². The number of carbonyl (C=O) groups excluding carboxylic acids is 2. The van der Waals surface area contributed by atoms with E-state index in [2.05, 4.69) is 10.6 Å². The molecule has 132 valence electrons. The fourth-order valence-corrected chi connectivity index (χ4v) is 3.81. The molecule has 0 unspecified atom stereocenters. The van der Waals surface area contributed by atoms with Crippen LogP contribution in [0, 0.1) is 13.8 Å². The third-order valence-corrected chi connectivity index (χ3v) is 5.44. The smallest absolute Gasteiger partial charge is 0.230 e. The maximum atomic E-state index is 12.0. The molecule has 24 heavy (non-hydrogen) atoms. The minimum atomic E-state index is 0.0448. The van der Waals surface area contributed by atoms with Gasteiger partial charge in [-0.15, -0.1) is 0 Å². The first-order chi connectivity index (χ1) is 11.6. The highest BCUT2D eigenvalue weighted by atomic mass is 32.2. The molecule has 1 aliphatic carbocycles. The number of hydrogen-bond acceptors (Lipinski definition) is 3. The third kappa shape index (κ3) is 6.19. The van der Waals surface area contributed by atoms with Crippen LogP contribution < -0.4 is 10.6 Å². The molecule has 1 aromatic rings. The molecule has 1 fully saturated rings. The van der Waals surface area contributed by atoms with Gasteiger partial charge < -0.3 is 10.6 Å². The van der Waals surface area contributed by atoms with Crippen molar-refractivity contribution in [3.05, 3.63) is 29.3 Å². The van der Waals surface area contributed by atoms with Gasteiger partial charge in [-0.1, -0.05) is 31.0 Å². The van der Waals surface area contributed by atoms with Crippen LogP contribution in [0.3, 0.4) is 0 Å². The van der Waals surface area contributed by atoms with Crippen molar-refractivity contribution in [2.75, 3.05) is 16.8 Å². The molecule has 0 spiro atoms. The molecule has 0 radical (unpaired) electrons. The molecule has 1 aromatic carbocycles. The first-order valence-corrected chi connectivity index (χ1v) is 9.95. The quantitative estimate of drug-likeness (QED) is 0.702. The lowest BCUT2D eigenvalue weighted by Gasteiger charge is -2.12. The maximum Gasteiger partial charge on any atom is 0.230 e. The minimum Gasteiger partial charge on any atom is -0.353 e. The average Bonchev–Trinajstić information content (AvgIpc) is 3.03. The third-order valence-electron chi connectivity index (χ3n) is 4.39. The first kappa shape index (κ1) is 18.8. The summed E-state index contributed by atoms with van der Waals surface area (Å²) in [4.78, 5) is 23.8. The van der Waals surface area contributed by atoms with Gasteiger partial charge in [0.2, 0.25) is 11.8 Å². The Morgan fingerprint density at radius 2 is 1.79 bits per heavy atom. The van der Waals surface area contributed by atoms with E-state index in [9.17, 15) is 9.59 Å². The standard InChI is InChI=1S/C19H28N2O2S/c1-14-7-5-8-15(2)19(14)21-17(22)11-6-12-24-13-18(23)20-16-9-3-4-10-16/h5,7-8,16H,3-4,6,9-13H2,1-2H3,(H,20,23)(H,21,22). The van der Waals surface area contributed by atoms with Crippen LogP contribution in [0.15, 0.2) is 18.2 Å². The highest BCUT2D eigenvalue weighted by Gasteiger charge is 2.16. The van der Waals surface area contributed by atoms with Crippen LogP contribution in [0.5, 0.6) is 0 Å². The van der Waals surface area contributed by atoms with Crippen LogP contribution in [0.2, 0.25) is 0 Å². The van der Waals surface area contributed by atoms with Crippen LogP contribution in [0.1, 0.15) is 49.7 Å². The summed E-state index contributed by atoms with van der Waals surface area (Å²) in [6.45, 7) is 4.00. The predicted molar refractivity (Wildman–Crippen MR) is 102 cm³/mol. The van der Waals surface area contributed by atoms with Crippen LogP contribution in [-0.2, 0) is 9.59 Å². The van der Waals surface area contributed by atoms with Crippen LogP contribution in [0.25, 0.3) is 0 Å². The lowest BCUT2D eigenvalue weighted by molar-refractivity contribution is -0.119. The normalized spacial score (nSPS) is 14.6. The van der Waals surface area contributed by atoms with Gasteiger partial charge in [0.1, 0.15) is 0 Å². The molecule has 0 heterocycles. The number of anilines is 1. The molecule has 2 rings (SSSR count). The fraction of sp³-hybridized carbons (Fsp3) is 0.579. The number of para-hydroxylation sites is 1. The number of benzene rings is 1. The van der Waals surface area contributed by atoms with Gasteiger partial charge in [0.25, 0.3) is 0 Å². The molecule has 0 aromatic heterocycles. The molecule has 0 aliphatic heterocycles. The minimum absolute atomic E-state index is 0.0448. The topological polar surface area (TPSA) is 58.2 Å². The van der Waals surface area contributed by atoms with Crippen LogP contribution >= 0.6 is 11.8 Å². The monoisotopic (exact) mass is 348 g/mol. The molecule has 5 heteroatoms. The molecule has 0 bridgehead atoms. The molecule has 2 N–H and O–H groups in total. The lowest BCUT2D eigenvalue weighted by Crippen LogP contribution is -2.33. The second-order valence-electron chi connectivity index (χ2n) is 6.52. The molecule has 1 aliphatic rings. The Morgan fingerprint density at radius 3 is 2.46 bits per heavy atom. The van der Waals surface area contributed by atoms with Gasteiger partial charge >= 0.3 is 0 Å². The largest absolute Gasteiger partial charge is 0.353 e. The Morgan fingerprint density at radius 1 is 1.12 bits per heavy atom. The Kier molecular flexibility index (Phi) is 7.63. The van der Waals surface area contributed by atoms with Crippen molar-refractivity contribution in [2.45, 2.75) is 58.4 Å². The Bertz CT molecular complexity index is 548. The fourth-order valence-electron chi connectivity index (χ4n) is 3.05. The second-order valence-corrected chi connectivity index (χ2v) is 7.63. The summed E-state index contributed by atoms with van der Waals surface area (Å²) in [5.41, 5.74) is 3.09. The van der Waals surface area contributed by atoms with Gasteiger partial charge in [0, 0.05) is 18.2 Å². The van der Waals surface area contributed by atoms with Gasteiger partial charge in [-0.05, 0) is 50.0 Å². The number of thioether (sulfide) groups is 1. The van der Waals surface area contributed by atoms with Crippen molar-refractivity contribution >= 4 is 29.3 Å². The zero-order valence-corrected chi connectivity index (χ0v) is 15.5. The van der Waals surface area contributed by atoms with E-state index in [1.54, 1.807) is 11.8 Å². The van der Waals surface area contributed by atoms with Crippen LogP contribution in [-0.4, -0.2) is 29.4 Å². The molecule has 0 atom stereocenters. The SMILES string of the molecule is Cc1cccc(C)c1NC(=O)CCCSCC(=O)NC1CCCC1. The van der Waals surface area contributed by atoms with Gasteiger partial charge in [-0.3, -0.25) is 9.59 Å². The molecule has 1 saturated carbocycles. The lowest BCUT2D eigenvalue weighted by atomic mass is 10.1. The van der Waals surface area contributed by atoms with E-state index in [-0.39, 0.29) is 11.8 Å². The maximum absolute atomic E-state index is 12.0. The summed E-state index contributed by atoms with van der Waals surface area (Å²) in [6.07, 6.45) is 5.98. The van der Waals surface area contributed by atoms with Crippen LogP contribution in [0.4, 0.5) is 5.69 Å². The number of aryl methyl sites for hydroxylation is 2. The molecular weight excluding hydrogens is 320 g/mol. The predicted octanol–water partition coefficient (Wildman–Crippen LogP) is 3.81. The zero-order valence-electron chi connectivity index (χ0n) is 14.7. The highest BCUT2D eigenvalue weighted by Crippen LogP contribution is 2.20. The van der Waals surface area contributed by atoms with E-state index in [0.717, 1.165) is 41.8 Å². The molecule has 2 amide bonds. The van der Waals surface area contributed by atoms with E-state index >= 15 is 0 Å². The van der Waals surface area contributed by atoms with E-state index in [0.29, 0.717) is 18.2 Å². The summed E-state index contributed by atoms with van der Waals surface area (Å²) < 4.78 is 0. The number of hydrogen-bond donors (Lipinski definition) is 2. The second kappa shape index (κ2) is 9.72. The average molecular weight is 349 g/mol. The van der Waals surface area contributed by atoms with E-state index in [1.807, 2.05) is 32.0 Å². The number of rotatable bonds is 8. The summed E-state index contributed by atoms with van der Waals surface area (Å²) in [5, 5.41) is 6.08. The molecule has 0 saturated heterocycles. The Balaban J connectivity index is 1.58. The zero-order chi connectivity index (χ0) is 17.4. The first-order valence-electron chi connectivity index (χ1n) is 8.79. The molecule has 4 nitrogen and oxygen atoms in total. The summed E-state index contributed by atoms with van der Waals surface area (Å²) in [5.74, 6) is 1.50. The van der Waals surface area contributed by atoms with Crippen molar-refractivity contribution < 1.29 is 9.59 Å². The molecular formula is C19H28N2O2S. The Hall–Kier alpha value is -1.49. The van der Waals surface area contributed by atoms with Crippen molar-refractivity contribution in [3.8, 4) is 0 Å². The van der Waals surface area contributed by atoms with Gasteiger partial charge in [-0.2, -0.15) is 11.8 Å². The number of nitrogens with one attached hydrogen (secondary N) is 2. The number of amides is 2. The van der Waals surface area contributed by atoms with E-state index in [4.69, 9.17) is 0 Å². The summed E-state index contributed by atoms with van der Waals surface area (Å²) in [7, 11) is 0. The van der Waals surface area contributed by atoms with Gasteiger partial charge in [0.15, 0.2) is 0 Å². The highest BCUT2D eigenvalue weighted by molar-refractivity contribution is 7.99. The van der Waals surface area contributed by atoms with Crippen molar-refractivity contribution in [3.63, 3.8) is 0 Å². The van der Waals surface area contributed by atoms with Crippen molar-refractivity contribution in [1.82, 2.24) is 5.32 Å². The van der Waals surface area contributed by atoms with Crippen molar-refractivity contribution in [1.29, 1.82) is 0 Å². The van der Waals surface area contributed by atoms with E-state index in [1.165, 1.54) is 12.8 Å². The Labute approximate surface area is 149 Å². The van der Waals surface area contributed by atoms with Gasteiger partial charge in [0.05, 0.1) is 5.75 Å². The number of carbonyl (C=O) groups is 2. The summed E-state index contributed by atoms with van der Waals surface area (Å²) in [6, 6.07) is 6.39. The summed E-state index contributed by atoms with van der Waals surface area (Å²) >= 11 is 1.61. The van der Waals surface area contributed by atoms with E-state index < -0.39 is 0 Å². The van der Waals surface area contributed by atoms with Crippen molar-refractivity contribution in [2.24, 2.45) is 0 Å².